The highest BCUT2D eigenvalue weighted by molar-refractivity contribution is 5.93. The largest absolute Gasteiger partial charge is 0.481 e. The van der Waals surface area contributed by atoms with Gasteiger partial charge >= 0.3 is 17.9 Å². The molecule has 1 aromatic carbocycles. The van der Waals surface area contributed by atoms with Crippen molar-refractivity contribution in [2.75, 3.05) is 19.8 Å². The predicted octanol–water partition coefficient (Wildman–Crippen LogP) is 6.90. The number of Topliss-reactive ketones (excluding diaryl/α,β-unsaturated/α-hetero) is 1. The first kappa shape index (κ1) is 50.8. The lowest BCUT2D eigenvalue weighted by molar-refractivity contribution is -0.185. The first-order valence-electron chi connectivity index (χ1n) is 20.4. The summed E-state index contributed by atoms with van der Waals surface area (Å²) in [6, 6.07) is 5.38. The summed E-state index contributed by atoms with van der Waals surface area (Å²) in [5.41, 5.74) is -3.77. The van der Waals surface area contributed by atoms with Gasteiger partial charge in [-0.1, -0.05) is 75.7 Å². The molecule has 0 aromatic heterocycles. The van der Waals surface area contributed by atoms with Gasteiger partial charge in [0.15, 0.2) is 12.2 Å². The van der Waals surface area contributed by atoms with Crippen LogP contribution in [0.4, 0.5) is 0 Å². The maximum atomic E-state index is 14.2. The Morgan fingerprint density at radius 2 is 1.44 bits per heavy atom. The van der Waals surface area contributed by atoms with Crippen molar-refractivity contribution >= 4 is 29.6 Å². The third-order valence-corrected chi connectivity index (χ3v) is 8.71. The van der Waals surface area contributed by atoms with Gasteiger partial charge in [0.25, 0.3) is 0 Å². The number of ketones is 1. The van der Waals surface area contributed by atoms with E-state index < -0.39 is 72.2 Å². The van der Waals surface area contributed by atoms with Crippen molar-refractivity contribution in [1.82, 2.24) is 5.32 Å². The number of allylic oxidation sites excluding steroid dienone is 1. The quantitative estimate of drug-likeness (QED) is 0.0278. The molecule has 12 heteroatoms. The van der Waals surface area contributed by atoms with E-state index in [-0.39, 0.29) is 13.0 Å². The molecule has 1 amide bonds. The molecule has 57 heavy (non-hydrogen) atoms. The highest BCUT2D eigenvalue weighted by Gasteiger charge is 2.49. The SMILES string of the molecule is CC#CCOc1ccc(C[C@H](NC(=O)[C@@H](C=CCCCCCCC(=O)CCCCCCC)[C@@](O)(CCO)C(=O)OC(C)(C)C)C(=O)OCC(=O)OC(C)(C)C)cc1. The van der Waals surface area contributed by atoms with Crippen molar-refractivity contribution in [3.63, 3.8) is 0 Å². The average Bonchev–Trinajstić information content (AvgIpc) is 3.12. The fourth-order valence-corrected chi connectivity index (χ4v) is 5.81. The summed E-state index contributed by atoms with van der Waals surface area (Å²) in [7, 11) is 0. The fourth-order valence-electron chi connectivity index (χ4n) is 5.81. The molecule has 12 nitrogen and oxygen atoms in total. The van der Waals surface area contributed by atoms with Crippen molar-refractivity contribution in [2.24, 2.45) is 5.92 Å². The normalized spacial score (nSPS) is 13.7. The monoisotopic (exact) mass is 799 g/mol. The van der Waals surface area contributed by atoms with Gasteiger partial charge in [-0.25, -0.2) is 14.4 Å². The van der Waals surface area contributed by atoms with Gasteiger partial charge in [-0.05, 0) is 91.8 Å². The van der Waals surface area contributed by atoms with Crippen molar-refractivity contribution in [1.29, 1.82) is 0 Å². The van der Waals surface area contributed by atoms with Gasteiger partial charge in [0, 0.05) is 32.3 Å². The molecule has 0 spiro atoms. The van der Waals surface area contributed by atoms with Gasteiger partial charge in [-0.15, -0.1) is 5.92 Å². The van der Waals surface area contributed by atoms with Crippen LogP contribution in [0.2, 0.25) is 0 Å². The lowest BCUT2D eigenvalue weighted by atomic mass is 9.82. The second-order valence-corrected chi connectivity index (χ2v) is 16.3. The average molecular weight is 800 g/mol. The highest BCUT2D eigenvalue weighted by atomic mass is 16.6. The van der Waals surface area contributed by atoms with E-state index in [2.05, 4.69) is 24.1 Å². The van der Waals surface area contributed by atoms with Crippen molar-refractivity contribution in [3.8, 4) is 17.6 Å². The van der Waals surface area contributed by atoms with Crippen LogP contribution in [0.5, 0.6) is 5.75 Å². The Labute approximate surface area is 340 Å². The summed E-state index contributed by atoms with van der Waals surface area (Å²) in [4.78, 5) is 65.9. The summed E-state index contributed by atoms with van der Waals surface area (Å²) in [5, 5.41) is 24.5. The number of rotatable bonds is 27. The highest BCUT2D eigenvalue weighted by Crippen LogP contribution is 2.29. The third-order valence-electron chi connectivity index (χ3n) is 8.71. The van der Waals surface area contributed by atoms with E-state index in [9.17, 15) is 34.2 Å². The molecule has 0 radical (unpaired) electrons. The van der Waals surface area contributed by atoms with Gasteiger partial charge < -0.3 is 34.5 Å². The molecule has 0 unspecified atom stereocenters. The van der Waals surface area contributed by atoms with Crippen molar-refractivity contribution < 1.29 is 53.1 Å². The number of unbranched alkanes of at least 4 members (excludes halogenated alkanes) is 8. The molecule has 1 rings (SSSR count). The molecule has 0 fully saturated rings. The standard InChI is InChI=1S/C45H69NO11/c1-9-11-13-16-19-22-35(48)23-20-17-14-15-18-21-24-37(45(53,29-30-47)42(52)57-44(6,7)8)40(50)46-38(41(51)55-33-39(49)56-43(3,4)5)32-34-25-27-36(28-26-34)54-31-12-10-2/h21,24-28,37-38,47,53H,9,11,13-20,22-23,29-33H2,1-8H3,(H,46,50)/t37-,38+,45+/m1/s1. The first-order valence-corrected chi connectivity index (χ1v) is 20.4. The number of carbonyl (C=O) groups excluding carboxylic acids is 5. The Hall–Kier alpha value is -4.21. The number of hydrogen-bond donors (Lipinski definition) is 3. The van der Waals surface area contributed by atoms with E-state index in [0.29, 0.717) is 36.4 Å². The number of esters is 3. The minimum Gasteiger partial charge on any atom is -0.481 e. The van der Waals surface area contributed by atoms with Crippen LogP contribution in [0.3, 0.4) is 0 Å². The molecule has 0 heterocycles. The molecule has 0 saturated heterocycles. The lowest BCUT2D eigenvalue weighted by Crippen LogP contribution is -2.56. The van der Waals surface area contributed by atoms with Gasteiger partial charge in [-0.2, -0.15) is 0 Å². The van der Waals surface area contributed by atoms with Crippen LogP contribution in [0, 0.1) is 17.8 Å². The summed E-state index contributed by atoms with van der Waals surface area (Å²) >= 11 is 0. The molecule has 320 valence electrons. The minimum absolute atomic E-state index is 0.0867. The van der Waals surface area contributed by atoms with Gasteiger partial charge in [0.1, 0.15) is 35.4 Å². The third kappa shape index (κ3) is 22.4. The van der Waals surface area contributed by atoms with Crippen LogP contribution < -0.4 is 10.1 Å². The number of aliphatic hydroxyl groups excluding tert-OH is 1. The van der Waals surface area contributed by atoms with Gasteiger partial charge in [0.05, 0.1) is 5.92 Å². The second kappa shape index (κ2) is 26.7. The van der Waals surface area contributed by atoms with E-state index in [1.165, 1.54) is 25.3 Å². The Morgan fingerprint density at radius 3 is 2.00 bits per heavy atom. The van der Waals surface area contributed by atoms with E-state index in [1.54, 1.807) is 78.8 Å². The Morgan fingerprint density at radius 1 is 0.842 bits per heavy atom. The lowest BCUT2D eigenvalue weighted by Gasteiger charge is -2.34. The summed E-state index contributed by atoms with van der Waals surface area (Å²) < 4.78 is 21.6. The molecule has 1 aromatic rings. The number of benzene rings is 1. The maximum absolute atomic E-state index is 14.2. The maximum Gasteiger partial charge on any atom is 0.344 e. The second-order valence-electron chi connectivity index (χ2n) is 16.3. The van der Waals surface area contributed by atoms with Crippen LogP contribution in [0.1, 0.15) is 144 Å². The van der Waals surface area contributed by atoms with E-state index in [1.807, 2.05) is 0 Å². The van der Waals surface area contributed by atoms with E-state index in [4.69, 9.17) is 18.9 Å². The smallest absolute Gasteiger partial charge is 0.344 e. The molecule has 0 saturated carbocycles. The molecule has 3 N–H and O–H groups in total. The van der Waals surface area contributed by atoms with Crippen molar-refractivity contribution in [3.05, 3.63) is 42.0 Å². The molecular formula is C45H69NO11. The zero-order valence-corrected chi connectivity index (χ0v) is 35.7. The molecule has 0 aliphatic carbocycles. The zero-order chi connectivity index (χ0) is 42.9. The summed E-state index contributed by atoms with van der Waals surface area (Å²) in [6.45, 7) is 12.5. The fraction of sp³-hybridized carbons (Fsp3) is 0.667. The number of hydrogen-bond acceptors (Lipinski definition) is 11. The van der Waals surface area contributed by atoms with E-state index >= 15 is 0 Å². The topological polar surface area (TPSA) is 175 Å². The molecule has 3 atom stereocenters. The number of carbonyl (C=O) groups is 5. The molecule has 0 bridgehead atoms. The summed E-state index contributed by atoms with van der Waals surface area (Å²) in [5.74, 6) is 1.03. The zero-order valence-electron chi connectivity index (χ0n) is 35.7. The van der Waals surface area contributed by atoms with Crippen LogP contribution in [0.25, 0.3) is 0 Å². The summed E-state index contributed by atoms with van der Waals surface area (Å²) in [6.07, 6.45) is 12.9. The Kier molecular flexibility index (Phi) is 23.8. The Bertz CT molecular complexity index is 1480. The number of ether oxygens (including phenoxy) is 4. The number of nitrogens with one attached hydrogen (secondary N) is 1. The van der Waals surface area contributed by atoms with Crippen LogP contribution in [-0.4, -0.2) is 82.5 Å². The van der Waals surface area contributed by atoms with Gasteiger partial charge in [-0.3, -0.25) is 9.59 Å². The Balaban J connectivity index is 3.25. The minimum atomic E-state index is -2.51. The van der Waals surface area contributed by atoms with Gasteiger partial charge in [0.2, 0.25) is 5.91 Å². The number of aliphatic hydroxyl groups is 2. The molecule has 0 aliphatic rings. The van der Waals surface area contributed by atoms with E-state index in [0.717, 1.165) is 38.5 Å². The number of amides is 1. The molecule has 0 aliphatic heterocycles. The van der Waals surface area contributed by atoms with Crippen molar-refractivity contribution in [2.45, 2.75) is 168 Å². The van der Waals surface area contributed by atoms with Crippen LogP contribution >= 0.6 is 0 Å². The first-order chi connectivity index (χ1) is 26.8. The van der Waals surface area contributed by atoms with Crippen LogP contribution in [0.15, 0.2) is 36.4 Å². The molecular weight excluding hydrogens is 730 g/mol. The van der Waals surface area contributed by atoms with Crippen LogP contribution in [-0.2, 0) is 44.6 Å². The predicted molar refractivity (Wildman–Crippen MR) is 219 cm³/mol.